The molecule has 2 rings (SSSR count). The zero-order valence-electron chi connectivity index (χ0n) is 13.9. The molecule has 0 saturated heterocycles. The Morgan fingerprint density at radius 3 is 2.17 bits per heavy atom. The van der Waals surface area contributed by atoms with Crippen LogP contribution in [0.4, 0.5) is 0 Å². The molecular weight excluding hydrogens is 296 g/mol. The Labute approximate surface area is 135 Å². The molecule has 23 heavy (non-hydrogen) atoms. The summed E-state index contributed by atoms with van der Waals surface area (Å²) in [6.45, 7) is 4.04. The summed E-state index contributed by atoms with van der Waals surface area (Å²) in [6, 6.07) is 7.21. The van der Waals surface area contributed by atoms with Crippen LogP contribution in [-0.4, -0.2) is 33.3 Å². The Balaban J connectivity index is 2.95. The Kier molecular flexibility index (Phi) is 4.89. The summed E-state index contributed by atoms with van der Waals surface area (Å²) in [5.74, 6) is -0.435. The molecule has 122 valence electrons. The van der Waals surface area contributed by atoms with Crippen molar-refractivity contribution in [2.24, 2.45) is 0 Å². The largest absolute Gasteiger partial charge is 0.496 e. The zero-order valence-corrected chi connectivity index (χ0v) is 13.9. The van der Waals surface area contributed by atoms with Crippen molar-refractivity contribution < 1.29 is 23.8 Å². The predicted octanol–water partition coefficient (Wildman–Crippen LogP) is 3.50. The van der Waals surface area contributed by atoms with Crippen LogP contribution in [0.3, 0.4) is 0 Å². The maximum absolute atomic E-state index is 12.3. The Bertz CT molecular complexity index is 718. The van der Waals surface area contributed by atoms with Crippen LogP contribution in [0.1, 0.15) is 46.0 Å². The van der Waals surface area contributed by atoms with Gasteiger partial charge in [0.2, 0.25) is 0 Å². The van der Waals surface area contributed by atoms with Crippen molar-refractivity contribution in [3.8, 4) is 16.9 Å². The standard InChI is InChI=1S/C18H20O5/c1-10(2)11-7-6-8-14(21-3)12-9-13(17(19)22-4)16(15(11)12)18(20)23-5/h6-10H,1-5H3. The van der Waals surface area contributed by atoms with Crippen LogP contribution >= 0.6 is 0 Å². The van der Waals surface area contributed by atoms with Gasteiger partial charge >= 0.3 is 11.9 Å². The molecule has 0 radical (unpaired) electrons. The predicted molar refractivity (Wildman–Crippen MR) is 86.4 cm³/mol. The molecule has 0 aromatic rings. The van der Waals surface area contributed by atoms with Gasteiger partial charge in [-0.05, 0) is 23.6 Å². The van der Waals surface area contributed by atoms with Crippen molar-refractivity contribution in [3.63, 3.8) is 0 Å². The van der Waals surface area contributed by atoms with E-state index in [2.05, 4.69) is 0 Å². The molecule has 0 aliphatic heterocycles. The van der Waals surface area contributed by atoms with Crippen LogP contribution in [0.2, 0.25) is 0 Å². The molecule has 0 N–H and O–H groups in total. The molecule has 0 aromatic carbocycles. The zero-order chi connectivity index (χ0) is 17.1. The summed E-state index contributed by atoms with van der Waals surface area (Å²) in [7, 11) is 4.12. The van der Waals surface area contributed by atoms with Gasteiger partial charge in [-0.25, -0.2) is 9.59 Å². The Hall–Kier alpha value is -2.56. The summed E-state index contributed by atoms with van der Waals surface area (Å²) in [6.07, 6.45) is 0. The van der Waals surface area contributed by atoms with Crippen molar-refractivity contribution in [2.75, 3.05) is 21.3 Å². The first-order valence-electron chi connectivity index (χ1n) is 7.26. The smallest absolute Gasteiger partial charge is 0.339 e. The molecule has 0 amide bonds. The average Bonchev–Trinajstić information content (AvgIpc) is 2.83. The highest BCUT2D eigenvalue weighted by molar-refractivity contribution is 6.11. The first-order valence-corrected chi connectivity index (χ1v) is 7.26. The van der Waals surface area contributed by atoms with Crippen molar-refractivity contribution >= 4 is 11.9 Å². The number of rotatable bonds is 4. The normalized spacial score (nSPS) is 10.7. The van der Waals surface area contributed by atoms with Crippen LogP contribution < -0.4 is 4.74 Å². The molecular formula is C18H20O5. The third kappa shape index (κ3) is 2.86. The molecule has 0 aromatic heterocycles. The molecule has 0 bridgehead atoms. The van der Waals surface area contributed by atoms with Gasteiger partial charge in [0, 0.05) is 11.1 Å². The lowest BCUT2D eigenvalue weighted by atomic mass is 9.94. The maximum Gasteiger partial charge on any atom is 0.339 e. The van der Waals surface area contributed by atoms with E-state index in [1.54, 1.807) is 19.2 Å². The number of fused-ring (bicyclic) bond motifs is 1. The number of carbonyl (C=O) groups excluding carboxylic acids is 2. The Morgan fingerprint density at radius 2 is 1.65 bits per heavy atom. The molecule has 0 heterocycles. The van der Waals surface area contributed by atoms with Gasteiger partial charge in [0.1, 0.15) is 5.75 Å². The van der Waals surface area contributed by atoms with Gasteiger partial charge in [-0.2, -0.15) is 0 Å². The fourth-order valence-corrected chi connectivity index (χ4v) is 2.71. The van der Waals surface area contributed by atoms with E-state index in [0.29, 0.717) is 16.9 Å². The van der Waals surface area contributed by atoms with E-state index in [1.165, 1.54) is 14.2 Å². The van der Waals surface area contributed by atoms with Crippen molar-refractivity contribution in [3.05, 3.63) is 41.0 Å². The van der Waals surface area contributed by atoms with Gasteiger partial charge in [-0.3, -0.25) is 0 Å². The van der Waals surface area contributed by atoms with Crippen LogP contribution in [0, 0.1) is 0 Å². The first-order chi connectivity index (χ1) is 11.0. The molecule has 5 nitrogen and oxygen atoms in total. The van der Waals surface area contributed by atoms with E-state index in [1.807, 2.05) is 26.0 Å². The van der Waals surface area contributed by atoms with Crippen molar-refractivity contribution in [1.82, 2.24) is 0 Å². The van der Waals surface area contributed by atoms with Crippen LogP contribution in [0.25, 0.3) is 11.1 Å². The second kappa shape index (κ2) is 6.69. The van der Waals surface area contributed by atoms with E-state index in [0.717, 1.165) is 5.56 Å². The van der Waals surface area contributed by atoms with Crippen molar-refractivity contribution in [1.29, 1.82) is 0 Å². The van der Waals surface area contributed by atoms with Crippen LogP contribution in [0.15, 0.2) is 24.3 Å². The highest BCUT2D eigenvalue weighted by Gasteiger charge is 2.31. The lowest BCUT2D eigenvalue weighted by Crippen LogP contribution is -2.10. The SMILES string of the molecule is COC(=O)c1cc2c(OC)cccc(C(C)C)c-2c1C(=O)OC. The number of hydrogen-bond acceptors (Lipinski definition) is 5. The van der Waals surface area contributed by atoms with Crippen LogP contribution in [-0.2, 0) is 9.47 Å². The average molecular weight is 316 g/mol. The van der Waals surface area contributed by atoms with Crippen molar-refractivity contribution in [2.45, 2.75) is 19.8 Å². The van der Waals surface area contributed by atoms with E-state index in [4.69, 9.17) is 14.2 Å². The molecule has 5 heteroatoms. The van der Waals surface area contributed by atoms with E-state index >= 15 is 0 Å². The van der Waals surface area contributed by atoms with Gasteiger partial charge in [-0.15, -0.1) is 0 Å². The minimum Gasteiger partial charge on any atom is -0.496 e. The van der Waals surface area contributed by atoms with Gasteiger partial charge in [-0.1, -0.05) is 26.0 Å². The quantitative estimate of drug-likeness (QED) is 0.808. The van der Waals surface area contributed by atoms with Gasteiger partial charge in [0.15, 0.2) is 0 Å². The summed E-state index contributed by atoms with van der Waals surface area (Å²) in [5, 5.41) is 0. The lowest BCUT2D eigenvalue weighted by molar-refractivity contribution is 0.0557. The summed E-state index contributed by atoms with van der Waals surface area (Å²) >= 11 is 0. The third-order valence-electron chi connectivity index (χ3n) is 3.79. The molecule has 0 unspecified atom stereocenters. The molecule has 0 fully saturated rings. The Morgan fingerprint density at radius 1 is 1.00 bits per heavy atom. The lowest BCUT2D eigenvalue weighted by Gasteiger charge is -2.12. The molecule has 2 aliphatic rings. The summed E-state index contributed by atoms with van der Waals surface area (Å²) in [5.41, 5.74) is 2.67. The second-order valence-electron chi connectivity index (χ2n) is 5.41. The molecule has 0 saturated carbocycles. The number of hydrogen-bond donors (Lipinski definition) is 0. The number of esters is 2. The maximum atomic E-state index is 12.3. The van der Waals surface area contributed by atoms with E-state index < -0.39 is 11.9 Å². The molecule has 0 atom stereocenters. The number of carbonyl (C=O) groups is 2. The number of ether oxygens (including phenoxy) is 3. The number of methoxy groups -OCH3 is 3. The van der Waals surface area contributed by atoms with Gasteiger partial charge in [0.25, 0.3) is 0 Å². The highest BCUT2D eigenvalue weighted by atomic mass is 16.5. The molecule has 0 spiro atoms. The summed E-state index contributed by atoms with van der Waals surface area (Å²) in [4.78, 5) is 24.4. The third-order valence-corrected chi connectivity index (χ3v) is 3.79. The van der Waals surface area contributed by atoms with Crippen LogP contribution in [0.5, 0.6) is 5.75 Å². The topological polar surface area (TPSA) is 61.8 Å². The van der Waals surface area contributed by atoms with E-state index in [-0.39, 0.29) is 17.0 Å². The minimum absolute atomic E-state index is 0.144. The molecule has 2 aliphatic carbocycles. The second-order valence-corrected chi connectivity index (χ2v) is 5.41. The fourth-order valence-electron chi connectivity index (χ4n) is 2.71. The van der Waals surface area contributed by atoms with Gasteiger partial charge < -0.3 is 14.2 Å². The minimum atomic E-state index is -0.582. The summed E-state index contributed by atoms with van der Waals surface area (Å²) < 4.78 is 15.1. The highest BCUT2D eigenvalue weighted by Crippen LogP contribution is 2.42. The van der Waals surface area contributed by atoms with E-state index in [9.17, 15) is 9.59 Å². The monoisotopic (exact) mass is 316 g/mol. The first kappa shape index (κ1) is 16.8. The fraction of sp³-hybridized carbons (Fsp3) is 0.333. The van der Waals surface area contributed by atoms with Gasteiger partial charge in [0.05, 0.1) is 32.5 Å².